The molecule has 0 N–H and O–H groups in total. The Morgan fingerprint density at radius 2 is 2.04 bits per heavy atom. The van der Waals surface area contributed by atoms with Crippen molar-refractivity contribution in [1.82, 2.24) is 4.98 Å². The number of hydrogen-bond donors (Lipinski definition) is 0. The molecule has 1 amide bonds. The van der Waals surface area contributed by atoms with Crippen molar-refractivity contribution in [3.63, 3.8) is 0 Å². The molecule has 1 atom stereocenters. The Hall–Kier alpha value is -1.88. The molecule has 1 fully saturated rings. The van der Waals surface area contributed by atoms with Crippen LogP contribution in [0.5, 0.6) is 0 Å². The highest BCUT2D eigenvalue weighted by molar-refractivity contribution is 9.10. The van der Waals surface area contributed by atoms with Gasteiger partial charge in [-0.05, 0) is 46.5 Å². The van der Waals surface area contributed by atoms with Crippen molar-refractivity contribution in [2.45, 2.75) is 12.8 Å². The first-order valence-electron chi connectivity index (χ1n) is 7.98. The van der Waals surface area contributed by atoms with Crippen molar-refractivity contribution in [3.8, 4) is 0 Å². The van der Waals surface area contributed by atoms with Crippen molar-refractivity contribution in [3.05, 3.63) is 52.8 Å². The predicted molar refractivity (Wildman–Crippen MR) is 94.8 cm³/mol. The molecule has 0 aliphatic carbocycles. The van der Waals surface area contributed by atoms with Gasteiger partial charge in [0.15, 0.2) is 0 Å². The van der Waals surface area contributed by atoms with Gasteiger partial charge in [-0.2, -0.15) is 0 Å². The summed E-state index contributed by atoms with van der Waals surface area (Å²) in [5.74, 6) is 0.337. The number of carbonyl (C=O) groups excluding carboxylic acids is 1. The van der Waals surface area contributed by atoms with E-state index in [0.29, 0.717) is 0 Å². The van der Waals surface area contributed by atoms with Crippen LogP contribution >= 0.6 is 15.9 Å². The number of rotatable bonds is 2. The number of halogens is 1. The first-order valence-corrected chi connectivity index (χ1v) is 8.77. The minimum Gasteiger partial charge on any atom is -0.370 e. The smallest absolute Gasteiger partial charge is 0.231 e. The van der Waals surface area contributed by atoms with E-state index < -0.39 is 0 Å². The number of amides is 1. The van der Waals surface area contributed by atoms with Gasteiger partial charge < -0.3 is 9.80 Å². The lowest BCUT2D eigenvalue weighted by molar-refractivity contribution is -0.121. The summed E-state index contributed by atoms with van der Waals surface area (Å²) in [4.78, 5) is 21.3. The Morgan fingerprint density at radius 3 is 2.91 bits per heavy atom. The van der Waals surface area contributed by atoms with Gasteiger partial charge in [0.2, 0.25) is 5.91 Å². The number of hydrogen-bond acceptors (Lipinski definition) is 3. The fourth-order valence-corrected chi connectivity index (χ4v) is 4.09. The van der Waals surface area contributed by atoms with Gasteiger partial charge in [0.1, 0.15) is 0 Å². The van der Waals surface area contributed by atoms with Crippen LogP contribution in [0, 0.1) is 5.92 Å². The van der Waals surface area contributed by atoms with E-state index in [1.54, 1.807) is 12.4 Å². The molecular formula is C18H18BrN3O. The summed E-state index contributed by atoms with van der Waals surface area (Å²) in [5.41, 5.74) is 3.51. The highest BCUT2D eigenvalue weighted by Crippen LogP contribution is 2.33. The lowest BCUT2D eigenvalue weighted by Crippen LogP contribution is -2.36. The van der Waals surface area contributed by atoms with E-state index in [9.17, 15) is 4.79 Å². The number of benzene rings is 1. The van der Waals surface area contributed by atoms with Crippen LogP contribution in [0.15, 0.2) is 47.2 Å². The van der Waals surface area contributed by atoms with Gasteiger partial charge in [-0.15, -0.1) is 0 Å². The summed E-state index contributed by atoms with van der Waals surface area (Å²) in [6.45, 7) is 2.50. The lowest BCUT2D eigenvalue weighted by atomic mass is 10.1. The number of aromatic nitrogens is 1. The van der Waals surface area contributed by atoms with E-state index in [-0.39, 0.29) is 11.8 Å². The first-order chi connectivity index (χ1) is 11.2. The number of nitrogens with zero attached hydrogens (tertiary/aromatic N) is 3. The molecule has 3 heterocycles. The Morgan fingerprint density at radius 1 is 1.17 bits per heavy atom. The Balaban J connectivity index is 1.50. The number of carbonyl (C=O) groups is 1. The van der Waals surface area contributed by atoms with Crippen LogP contribution in [0.1, 0.15) is 12.0 Å². The summed E-state index contributed by atoms with van der Waals surface area (Å²) in [6, 6.07) is 10.2. The van der Waals surface area contributed by atoms with Gasteiger partial charge in [-0.3, -0.25) is 9.78 Å². The molecule has 4 nitrogen and oxygen atoms in total. The van der Waals surface area contributed by atoms with Gasteiger partial charge in [-0.25, -0.2) is 0 Å². The van der Waals surface area contributed by atoms with E-state index in [1.165, 1.54) is 5.56 Å². The first kappa shape index (κ1) is 14.7. The van der Waals surface area contributed by atoms with Gasteiger partial charge in [0.25, 0.3) is 0 Å². The predicted octanol–water partition coefficient (Wildman–Crippen LogP) is 3.26. The second kappa shape index (κ2) is 5.96. The van der Waals surface area contributed by atoms with E-state index in [4.69, 9.17) is 0 Å². The molecule has 2 aliphatic rings. The number of pyridine rings is 1. The summed E-state index contributed by atoms with van der Waals surface area (Å²) in [7, 11) is 0. The summed E-state index contributed by atoms with van der Waals surface area (Å²) < 4.78 is 0.986. The van der Waals surface area contributed by atoms with Crippen LogP contribution in [-0.2, 0) is 11.2 Å². The van der Waals surface area contributed by atoms with Crippen molar-refractivity contribution in [2.75, 3.05) is 29.4 Å². The second-order valence-electron chi connectivity index (χ2n) is 6.13. The fourth-order valence-electron chi connectivity index (χ4n) is 3.59. The third kappa shape index (κ3) is 2.63. The number of para-hydroxylation sites is 1. The monoisotopic (exact) mass is 371 g/mol. The lowest BCUT2D eigenvalue weighted by Gasteiger charge is -2.23. The molecule has 0 radical (unpaired) electrons. The van der Waals surface area contributed by atoms with E-state index in [1.807, 2.05) is 23.1 Å². The largest absolute Gasteiger partial charge is 0.370 e. The average molecular weight is 372 g/mol. The molecule has 0 bridgehead atoms. The van der Waals surface area contributed by atoms with E-state index in [2.05, 4.69) is 37.9 Å². The van der Waals surface area contributed by atoms with Crippen LogP contribution in [0.25, 0.3) is 0 Å². The minimum atomic E-state index is 0.0706. The van der Waals surface area contributed by atoms with Crippen molar-refractivity contribution in [1.29, 1.82) is 0 Å². The zero-order chi connectivity index (χ0) is 15.8. The molecule has 2 aliphatic heterocycles. The van der Waals surface area contributed by atoms with Crippen molar-refractivity contribution in [2.24, 2.45) is 5.92 Å². The average Bonchev–Trinajstić information content (AvgIpc) is 3.22. The zero-order valence-corrected chi connectivity index (χ0v) is 14.4. The molecule has 1 unspecified atom stereocenters. The van der Waals surface area contributed by atoms with Gasteiger partial charge in [-0.1, -0.05) is 18.2 Å². The maximum atomic E-state index is 12.9. The molecule has 5 heteroatoms. The molecule has 4 rings (SSSR count). The normalized spacial score (nSPS) is 20.0. The maximum Gasteiger partial charge on any atom is 0.231 e. The third-order valence-corrected chi connectivity index (χ3v) is 5.39. The van der Waals surface area contributed by atoms with Gasteiger partial charge in [0, 0.05) is 37.7 Å². The molecule has 1 aromatic heterocycles. The molecule has 2 aromatic rings. The van der Waals surface area contributed by atoms with Crippen LogP contribution in [-0.4, -0.2) is 30.5 Å². The molecule has 1 aromatic carbocycles. The molecule has 1 saturated heterocycles. The summed E-state index contributed by atoms with van der Waals surface area (Å²) in [6.07, 6.45) is 5.48. The quantitative estimate of drug-likeness (QED) is 0.812. The second-order valence-corrected chi connectivity index (χ2v) is 6.98. The van der Waals surface area contributed by atoms with Crippen LogP contribution in [0.2, 0.25) is 0 Å². The Labute approximate surface area is 144 Å². The fraction of sp³-hybridized carbons (Fsp3) is 0.333. The SMILES string of the molecule is O=C(C1CCN(c2ccncc2Br)C1)N1CCc2ccccc21. The van der Waals surface area contributed by atoms with E-state index >= 15 is 0 Å². The summed E-state index contributed by atoms with van der Waals surface area (Å²) in [5, 5.41) is 0. The zero-order valence-electron chi connectivity index (χ0n) is 12.8. The molecule has 0 saturated carbocycles. The minimum absolute atomic E-state index is 0.0706. The highest BCUT2D eigenvalue weighted by atomic mass is 79.9. The maximum absolute atomic E-state index is 12.9. The van der Waals surface area contributed by atoms with Crippen LogP contribution < -0.4 is 9.80 Å². The van der Waals surface area contributed by atoms with Crippen LogP contribution in [0.3, 0.4) is 0 Å². The summed E-state index contributed by atoms with van der Waals surface area (Å²) >= 11 is 3.55. The molecule has 118 valence electrons. The Kier molecular flexibility index (Phi) is 3.81. The van der Waals surface area contributed by atoms with Crippen molar-refractivity contribution >= 4 is 33.2 Å². The van der Waals surface area contributed by atoms with Gasteiger partial charge >= 0.3 is 0 Å². The topological polar surface area (TPSA) is 36.4 Å². The van der Waals surface area contributed by atoms with Crippen LogP contribution in [0.4, 0.5) is 11.4 Å². The van der Waals surface area contributed by atoms with E-state index in [0.717, 1.165) is 48.3 Å². The third-order valence-electron chi connectivity index (χ3n) is 4.78. The standard InChI is InChI=1S/C18H18BrN3O/c19-15-11-20-8-5-17(15)21-9-6-14(12-21)18(23)22-10-7-13-3-1-2-4-16(13)22/h1-5,8,11,14H,6-7,9-10,12H2. The molecular weight excluding hydrogens is 354 g/mol. The molecule has 0 spiro atoms. The Bertz CT molecular complexity index is 749. The number of anilines is 2. The van der Waals surface area contributed by atoms with Crippen molar-refractivity contribution < 1.29 is 4.79 Å². The van der Waals surface area contributed by atoms with Gasteiger partial charge in [0.05, 0.1) is 16.1 Å². The highest BCUT2D eigenvalue weighted by Gasteiger charge is 2.34. The number of fused-ring (bicyclic) bond motifs is 1. The molecule has 23 heavy (non-hydrogen) atoms.